The van der Waals surface area contributed by atoms with E-state index in [0.717, 1.165) is 41.8 Å². The van der Waals surface area contributed by atoms with E-state index >= 15 is 0 Å². The topological polar surface area (TPSA) is 74.8 Å². The fraction of sp³-hybridized carbons (Fsp3) is 0.214. The number of nitrogens with zero attached hydrogens (tertiary/aromatic N) is 2. The largest absolute Gasteiger partial charge is 0.407 e. The van der Waals surface area contributed by atoms with Crippen LogP contribution in [0, 0.1) is 6.92 Å². The first-order valence-electron chi connectivity index (χ1n) is 11.8. The molecule has 0 bridgehead atoms. The van der Waals surface area contributed by atoms with Crippen molar-refractivity contribution in [2.45, 2.75) is 31.1 Å². The van der Waals surface area contributed by atoms with Crippen LogP contribution >= 0.6 is 0 Å². The maximum Gasteiger partial charge on any atom is 0.407 e. The van der Waals surface area contributed by atoms with Crippen molar-refractivity contribution < 1.29 is 45.5 Å². The van der Waals surface area contributed by atoms with E-state index in [9.17, 15) is 45.5 Å². The molecule has 5 rings (SSSR count). The molecule has 6 nitrogen and oxygen atoms in total. The van der Waals surface area contributed by atoms with E-state index in [1.54, 1.807) is 19.1 Å². The van der Waals surface area contributed by atoms with Gasteiger partial charge >= 0.3 is 12.4 Å². The second-order valence-electron chi connectivity index (χ2n) is 9.67. The molecule has 0 aliphatic carbocycles. The summed E-state index contributed by atoms with van der Waals surface area (Å²) < 4.78 is 87.4. The van der Waals surface area contributed by atoms with Gasteiger partial charge in [0.05, 0.1) is 27.9 Å². The third-order valence-corrected chi connectivity index (χ3v) is 7.23. The summed E-state index contributed by atoms with van der Waals surface area (Å²) in [5.41, 5.74) is -6.77. The molecular formula is C28H18F6N2O4. The van der Waals surface area contributed by atoms with Crippen molar-refractivity contribution in [3.63, 3.8) is 0 Å². The number of fused-ring (bicyclic) bond motifs is 2. The number of rotatable bonds is 4. The standard InChI is InChI=1S/C28H18F6N2O4/c1-14-4-3-5-17(10-14)36-24(39)19-8-6-15(11-20(19)25(36)40)13-26(27(29,30)31,28(32,33)34)16-7-9-18-21(12-16)23(38)35(2)22(18)37/h3-12H,13H2,1-2H3. The molecule has 0 atom stereocenters. The molecule has 0 saturated carbocycles. The van der Waals surface area contributed by atoms with Crippen LogP contribution in [0.4, 0.5) is 32.0 Å². The smallest absolute Gasteiger partial charge is 0.277 e. The van der Waals surface area contributed by atoms with Crippen molar-refractivity contribution in [2.75, 3.05) is 11.9 Å². The van der Waals surface area contributed by atoms with Crippen LogP contribution in [-0.2, 0) is 11.8 Å². The van der Waals surface area contributed by atoms with Gasteiger partial charge in [0.1, 0.15) is 0 Å². The number of anilines is 1. The molecule has 3 aromatic carbocycles. The molecule has 12 heteroatoms. The SMILES string of the molecule is Cc1cccc(N2C(=O)c3ccc(CC(c4ccc5c(c4)C(=O)N(C)C5=O)(C(F)(F)F)C(F)(F)F)cc3C2=O)c1. The van der Waals surface area contributed by atoms with Gasteiger partial charge in [-0.15, -0.1) is 0 Å². The van der Waals surface area contributed by atoms with Crippen molar-refractivity contribution >= 4 is 29.3 Å². The predicted molar refractivity (Wildman–Crippen MR) is 129 cm³/mol. The summed E-state index contributed by atoms with van der Waals surface area (Å²) in [6.45, 7) is 1.72. The summed E-state index contributed by atoms with van der Waals surface area (Å²) in [5, 5.41) is 0. The zero-order valence-corrected chi connectivity index (χ0v) is 20.8. The van der Waals surface area contributed by atoms with E-state index in [2.05, 4.69) is 0 Å². The Morgan fingerprint density at radius 1 is 0.650 bits per heavy atom. The van der Waals surface area contributed by atoms with Crippen LogP contribution in [0.2, 0.25) is 0 Å². The first-order chi connectivity index (χ1) is 18.6. The van der Waals surface area contributed by atoms with Crippen molar-refractivity contribution in [2.24, 2.45) is 0 Å². The lowest BCUT2D eigenvalue weighted by Crippen LogP contribution is -2.55. The fourth-order valence-corrected chi connectivity index (χ4v) is 5.12. The highest BCUT2D eigenvalue weighted by Crippen LogP contribution is 2.54. The van der Waals surface area contributed by atoms with Gasteiger partial charge in [-0.05, 0) is 66.4 Å². The molecule has 0 aromatic heterocycles. The lowest BCUT2D eigenvalue weighted by Gasteiger charge is -2.38. The van der Waals surface area contributed by atoms with Crippen LogP contribution in [0.3, 0.4) is 0 Å². The van der Waals surface area contributed by atoms with Gasteiger partial charge in [0.25, 0.3) is 23.6 Å². The average Bonchev–Trinajstić information content (AvgIpc) is 3.24. The molecule has 3 aromatic rings. The summed E-state index contributed by atoms with van der Waals surface area (Å²) in [4.78, 5) is 52.0. The summed E-state index contributed by atoms with van der Waals surface area (Å²) in [6.07, 6.45) is -13.5. The summed E-state index contributed by atoms with van der Waals surface area (Å²) in [6, 6.07) is 10.9. The van der Waals surface area contributed by atoms with Crippen molar-refractivity contribution in [3.8, 4) is 0 Å². The second kappa shape index (κ2) is 8.77. The summed E-state index contributed by atoms with van der Waals surface area (Å²) in [5.74, 6) is -3.53. The van der Waals surface area contributed by atoms with Gasteiger partial charge in [-0.2, -0.15) is 26.3 Å². The van der Waals surface area contributed by atoms with E-state index < -0.39 is 64.5 Å². The molecule has 40 heavy (non-hydrogen) atoms. The number of hydrogen-bond donors (Lipinski definition) is 0. The summed E-state index contributed by atoms with van der Waals surface area (Å²) in [7, 11) is 1.06. The monoisotopic (exact) mass is 560 g/mol. The van der Waals surface area contributed by atoms with Gasteiger partial charge in [-0.3, -0.25) is 24.1 Å². The number of amides is 4. The predicted octanol–water partition coefficient (Wildman–Crippen LogP) is 5.63. The Bertz CT molecular complexity index is 1610. The fourth-order valence-electron chi connectivity index (χ4n) is 5.12. The Balaban J connectivity index is 1.62. The Morgan fingerprint density at radius 2 is 1.20 bits per heavy atom. The van der Waals surface area contributed by atoms with Gasteiger partial charge in [0.2, 0.25) is 0 Å². The Kier molecular flexibility index (Phi) is 5.94. The minimum absolute atomic E-state index is 0.162. The maximum absolute atomic E-state index is 14.6. The van der Waals surface area contributed by atoms with Crippen LogP contribution in [0.1, 0.15) is 58.1 Å². The lowest BCUT2D eigenvalue weighted by molar-refractivity contribution is -0.303. The number of carbonyl (C=O) groups excluding carboxylic acids is 4. The summed E-state index contributed by atoms with van der Waals surface area (Å²) >= 11 is 0. The molecule has 0 unspecified atom stereocenters. The second-order valence-corrected chi connectivity index (χ2v) is 9.67. The van der Waals surface area contributed by atoms with E-state index in [1.165, 1.54) is 12.1 Å². The maximum atomic E-state index is 14.6. The van der Waals surface area contributed by atoms with Crippen LogP contribution in [0.25, 0.3) is 0 Å². The highest BCUT2D eigenvalue weighted by molar-refractivity contribution is 6.34. The Labute approximate surface area is 222 Å². The zero-order valence-electron chi connectivity index (χ0n) is 20.8. The first kappa shape index (κ1) is 27.1. The number of halogens is 6. The quantitative estimate of drug-likeness (QED) is 0.307. The van der Waals surface area contributed by atoms with E-state index in [1.807, 2.05) is 0 Å². The minimum atomic E-state index is -5.91. The van der Waals surface area contributed by atoms with Gasteiger partial charge < -0.3 is 0 Å². The first-order valence-corrected chi connectivity index (χ1v) is 11.8. The van der Waals surface area contributed by atoms with Gasteiger partial charge in [-0.1, -0.05) is 24.3 Å². The van der Waals surface area contributed by atoms with Crippen molar-refractivity contribution in [1.29, 1.82) is 0 Å². The third kappa shape index (κ3) is 3.81. The molecule has 2 heterocycles. The van der Waals surface area contributed by atoms with Gasteiger partial charge in [0.15, 0.2) is 5.41 Å². The van der Waals surface area contributed by atoms with Crippen molar-refractivity contribution in [3.05, 3.63) is 99.6 Å². The number of alkyl halides is 6. The molecule has 2 aliphatic rings. The molecule has 0 fully saturated rings. The van der Waals surface area contributed by atoms with Crippen LogP contribution < -0.4 is 4.90 Å². The molecule has 4 amide bonds. The molecule has 2 aliphatic heterocycles. The van der Waals surface area contributed by atoms with Gasteiger partial charge in [0, 0.05) is 7.05 Å². The van der Waals surface area contributed by atoms with Crippen LogP contribution in [-0.4, -0.2) is 47.9 Å². The molecule has 0 saturated heterocycles. The lowest BCUT2D eigenvalue weighted by atomic mass is 9.73. The van der Waals surface area contributed by atoms with E-state index in [0.29, 0.717) is 17.0 Å². The molecular weight excluding hydrogens is 542 g/mol. The number of carbonyl (C=O) groups is 4. The van der Waals surface area contributed by atoms with Crippen LogP contribution in [0.15, 0.2) is 60.7 Å². The molecule has 0 N–H and O–H groups in total. The highest BCUT2D eigenvalue weighted by atomic mass is 19.4. The van der Waals surface area contributed by atoms with E-state index in [-0.39, 0.29) is 22.4 Å². The van der Waals surface area contributed by atoms with E-state index in [4.69, 9.17) is 0 Å². The molecule has 0 spiro atoms. The number of hydrogen-bond acceptors (Lipinski definition) is 4. The number of benzene rings is 3. The zero-order chi connectivity index (χ0) is 29.4. The molecule has 206 valence electrons. The number of aryl methyl sites for hydroxylation is 1. The minimum Gasteiger partial charge on any atom is -0.277 e. The van der Waals surface area contributed by atoms with Crippen LogP contribution in [0.5, 0.6) is 0 Å². The Morgan fingerprint density at radius 3 is 1.82 bits per heavy atom. The normalized spacial score (nSPS) is 15.7. The Hall–Kier alpha value is -4.48. The highest BCUT2D eigenvalue weighted by Gasteiger charge is 2.71. The average molecular weight is 560 g/mol. The molecule has 0 radical (unpaired) electrons. The van der Waals surface area contributed by atoms with Crippen molar-refractivity contribution in [1.82, 2.24) is 4.90 Å². The van der Waals surface area contributed by atoms with Gasteiger partial charge in [-0.25, -0.2) is 4.90 Å². The number of imide groups is 2. The third-order valence-electron chi connectivity index (χ3n) is 7.23.